The lowest BCUT2D eigenvalue weighted by Gasteiger charge is -2.27. The van der Waals surface area contributed by atoms with Crippen LogP contribution in [0, 0.1) is 0 Å². The van der Waals surface area contributed by atoms with Crippen LogP contribution in [0.2, 0.25) is 0 Å². The summed E-state index contributed by atoms with van der Waals surface area (Å²) in [6.45, 7) is 0. The summed E-state index contributed by atoms with van der Waals surface area (Å²) in [4.78, 5) is 49.2. The Bertz CT molecular complexity index is 1860. The van der Waals surface area contributed by atoms with E-state index in [-0.39, 0.29) is 16.7 Å². The van der Waals surface area contributed by atoms with Crippen molar-refractivity contribution in [3.05, 3.63) is 217 Å². The van der Waals surface area contributed by atoms with Crippen molar-refractivity contribution in [1.82, 2.24) is 0 Å². The van der Waals surface area contributed by atoms with E-state index in [9.17, 15) is 14.4 Å². The van der Waals surface area contributed by atoms with Gasteiger partial charge < -0.3 is 0 Å². The lowest BCUT2D eigenvalue weighted by atomic mass is 10.0. The van der Waals surface area contributed by atoms with Crippen molar-refractivity contribution in [3.63, 3.8) is 0 Å². The van der Waals surface area contributed by atoms with Crippen LogP contribution in [0.1, 0.15) is 31.1 Å². The summed E-state index contributed by atoms with van der Waals surface area (Å²) < 4.78 is 0. The van der Waals surface area contributed by atoms with Gasteiger partial charge in [-0.3, -0.25) is 29.1 Å². The van der Waals surface area contributed by atoms with Crippen LogP contribution < -0.4 is 14.7 Å². The molecular formula is C45H33N3O3. The highest BCUT2D eigenvalue weighted by Gasteiger charge is 2.28. The zero-order valence-corrected chi connectivity index (χ0v) is 27.6. The van der Waals surface area contributed by atoms with E-state index in [1.54, 1.807) is 32.9 Å². The average molecular weight is 664 g/mol. The number of benzene rings is 7. The molecule has 246 valence electrons. The number of para-hydroxylation sites is 6. The molecule has 6 heteroatoms. The maximum atomic E-state index is 14.8. The van der Waals surface area contributed by atoms with Crippen LogP contribution >= 0.6 is 0 Å². The van der Waals surface area contributed by atoms with Gasteiger partial charge in [-0.1, -0.05) is 109 Å². The molecule has 0 heterocycles. The second-order valence-electron chi connectivity index (χ2n) is 11.7. The molecule has 7 aromatic rings. The first-order valence-corrected chi connectivity index (χ1v) is 16.6. The van der Waals surface area contributed by atoms with Crippen molar-refractivity contribution in [2.45, 2.75) is 0 Å². The van der Waals surface area contributed by atoms with E-state index < -0.39 is 17.7 Å². The average Bonchev–Trinajstić information content (AvgIpc) is 3.20. The third-order valence-corrected chi connectivity index (χ3v) is 8.37. The molecule has 0 N–H and O–H groups in total. The van der Waals surface area contributed by atoms with Gasteiger partial charge in [0.2, 0.25) is 0 Å². The number of anilines is 6. The van der Waals surface area contributed by atoms with E-state index in [1.807, 2.05) is 182 Å². The number of hydrogen-bond acceptors (Lipinski definition) is 3. The molecule has 7 aromatic carbocycles. The highest BCUT2D eigenvalue weighted by Crippen LogP contribution is 2.33. The van der Waals surface area contributed by atoms with Gasteiger partial charge in [-0.15, -0.1) is 0 Å². The molecule has 7 rings (SSSR count). The number of carbonyl (C=O) groups is 3. The molecule has 51 heavy (non-hydrogen) atoms. The van der Waals surface area contributed by atoms with E-state index in [0.29, 0.717) is 34.1 Å². The van der Waals surface area contributed by atoms with E-state index in [2.05, 4.69) is 0 Å². The van der Waals surface area contributed by atoms with Gasteiger partial charge in [0.25, 0.3) is 17.7 Å². The standard InChI is InChI=1S/C45H33N3O3/c49-43(46(37-19-7-1-8-20-37)38-21-9-2-10-22-38)34-31-35(44(50)47(39-23-11-3-12-24-39)40-25-13-4-14-26-40)33-36(32-34)45(51)48(41-27-15-5-16-28-41)42-29-17-6-18-30-42/h1-33H. The van der Waals surface area contributed by atoms with Gasteiger partial charge >= 0.3 is 0 Å². The molecule has 0 fully saturated rings. The summed E-state index contributed by atoms with van der Waals surface area (Å²) in [5, 5.41) is 0. The molecule has 0 aromatic heterocycles. The van der Waals surface area contributed by atoms with Crippen molar-refractivity contribution in [3.8, 4) is 0 Å². The SMILES string of the molecule is O=C(c1cc(C(=O)N(c2ccccc2)c2ccccc2)cc(C(=O)N(c2ccccc2)c2ccccc2)c1)N(c1ccccc1)c1ccccc1. The third-order valence-electron chi connectivity index (χ3n) is 8.37. The first kappa shape index (κ1) is 32.5. The van der Waals surface area contributed by atoms with Crippen molar-refractivity contribution in [2.24, 2.45) is 0 Å². The van der Waals surface area contributed by atoms with Gasteiger partial charge in [0.05, 0.1) is 0 Å². The van der Waals surface area contributed by atoms with Crippen molar-refractivity contribution in [2.75, 3.05) is 14.7 Å². The smallest absolute Gasteiger partial charge is 0.262 e. The summed E-state index contributed by atoms with van der Waals surface area (Å²) in [5.74, 6) is -1.19. The maximum absolute atomic E-state index is 14.8. The van der Waals surface area contributed by atoms with Gasteiger partial charge in [-0.2, -0.15) is 0 Å². The molecular weight excluding hydrogens is 631 g/mol. The van der Waals surface area contributed by atoms with Crippen LogP contribution in [0.15, 0.2) is 200 Å². The minimum absolute atomic E-state index is 0.180. The molecule has 0 saturated heterocycles. The summed E-state index contributed by atoms with van der Waals surface area (Å²) >= 11 is 0. The molecule has 0 aliphatic heterocycles. The lowest BCUT2D eigenvalue weighted by Crippen LogP contribution is -2.30. The molecule has 0 atom stereocenters. The predicted octanol–water partition coefficient (Wildman–Crippen LogP) is 10.6. The Balaban J connectivity index is 1.42. The zero-order chi connectivity index (χ0) is 35.0. The molecule has 3 amide bonds. The topological polar surface area (TPSA) is 60.9 Å². The summed E-state index contributed by atoms with van der Waals surface area (Å²) in [6.07, 6.45) is 0. The number of amides is 3. The molecule has 0 saturated carbocycles. The number of rotatable bonds is 9. The minimum Gasteiger partial charge on any atom is -0.277 e. The lowest BCUT2D eigenvalue weighted by molar-refractivity contribution is 0.0998. The van der Waals surface area contributed by atoms with Crippen LogP contribution in [0.25, 0.3) is 0 Å². The zero-order valence-electron chi connectivity index (χ0n) is 27.6. The molecule has 0 unspecified atom stereocenters. The van der Waals surface area contributed by atoms with Gasteiger partial charge in [0.15, 0.2) is 0 Å². The highest BCUT2D eigenvalue weighted by molar-refractivity contribution is 6.18. The van der Waals surface area contributed by atoms with E-state index in [0.717, 1.165) is 0 Å². The normalized spacial score (nSPS) is 10.6. The summed E-state index contributed by atoms with van der Waals surface area (Å²) in [5.41, 5.74) is 4.39. The molecule has 0 aliphatic carbocycles. The Morgan fingerprint density at radius 1 is 0.255 bits per heavy atom. The Morgan fingerprint density at radius 3 is 0.569 bits per heavy atom. The fraction of sp³-hybridized carbons (Fsp3) is 0. The van der Waals surface area contributed by atoms with Gasteiger partial charge in [0.1, 0.15) is 0 Å². The Hall–Kier alpha value is -7.05. The van der Waals surface area contributed by atoms with E-state index >= 15 is 0 Å². The van der Waals surface area contributed by atoms with Crippen LogP contribution in [0.3, 0.4) is 0 Å². The molecule has 0 radical (unpaired) electrons. The fourth-order valence-electron chi connectivity index (χ4n) is 6.00. The second kappa shape index (κ2) is 15.0. The predicted molar refractivity (Wildman–Crippen MR) is 205 cm³/mol. The summed E-state index contributed by atoms with van der Waals surface area (Å²) in [7, 11) is 0. The van der Waals surface area contributed by atoms with Crippen LogP contribution in [-0.4, -0.2) is 17.7 Å². The molecule has 6 nitrogen and oxygen atoms in total. The Labute approximate surface area is 297 Å². The van der Waals surface area contributed by atoms with Crippen LogP contribution in [-0.2, 0) is 0 Å². The number of nitrogens with zero attached hydrogens (tertiary/aromatic N) is 3. The molecule has 0 bridgehead atoms. The quantitative estimate of drug-likeness (QED) is 0.154. The Kier molecular flexibility index (Phi) is 9.57. The number of carbonyl (C=O) groups excluding carboxylic acids is 3. The second-order valence-corrected chi connectivity index (χ2v) is 11.7. The van der Waals surface area contributed by atoms with E-state index in [4.69, 9.17) is 0 Å². The summed E-state index contributed by atoms with van der Waals surface area (Å²) in [6, 6.07) is 60.6. The largest absolute Gasteiger partial charge is 0.277 e. The fourth-order valence-corrected chi connectivity index (χ4v) is 6.00. The highest BCUT2D eigenvalue weighted by atomic mass is 16.2. The number of hydrogen-bond donors (Lipinski definition) is 0. The Morgan fingerprint density at radius 2 is 0.412 bits per heavy atom. The first-order chi connectivity index (χ1) is 25.1. The minimum atomic E-state index is -0.395. The first-order valence-electron chi connectivity index (χ1n) is 16.6. The maximum Gasteiger partial charge on any atom is 0.262 e. The van der Waals surface area contributed by atoms with Crippen molar-refractivity contribution in [1.29, 1.82) is 0 Å². The van der Waals surface area contributed by atoms with Crippen LogP contribution in [0.5, 0.6) is 0 Å². The van der Waals surface area contributed by atoms with Crippen LogP contribution in [0.4, 0.5) is 34.1 Å². The van der Waals surface area contributed by atoms with E-state index in [1.165, 1.54) is 0 Å². The molecule has 0 spiro atoms. The van der Waals surface area contributed by atoms with Crippen molar-refractivity contribution < 1.29 is 14.4 Å². The molecule has 0 aliphatic rings. The van der Waals surface area contributed by atoms with Gasteiger partial charge in [-0.25, -0.2) is 0 Å². The third kappa shape index (κ3) is 7.07. The van der Waals surface area contributed by atoms with Gasteiger partial charge in [0, 0.05) is 50.8 Å². The van der Waals surface area contributed by atoms with Crippen molar-refractivity contribution >= 4 is 51.8 Å². The monoisotopic (exact) mass is 663 g/mol. The van der Waals surface area contributed by atoms with Gasteiger partial charge in [-0.05, 0) is 91.0 Å².